The van der Waals surface area contributed by atoms with E-state index in [0.717, 1.165) is 29.5 Å². The minimum atomic E-state index is -0.424. The third kappa shape index (κ3) is 3.79. The maximum Gasteiger partial charge on any atom is 0.336 e. The molecule has 1 amide bonds. The summed E-state index contributed by atoms with van der Waals surface area (Å²) in [6.45, 7) is 0.391. The molecule has 0 saturated heterocycles. The first-order valence-corrected chi connectivity index (χ1v) is 8.88. The Hall–Kier alpha value is -3.28. The molecule has 1 aliphatic carbocycles. The molecule has 1 heterocycles. The smallest absolute Gasteiger partial charge is 0.336 e. The SMILES string of the molecule is COc1ccc2c(CNc3ccccc3C(=O)NC3CC3)cc(=O)oc2c1. The molecule has 6 nitrogen and oxygen atoms in total. The van der Waals surface area contributed by atoms with Crippen molar-refractivity contribution in [2.24, 2.45) is 0 Å². The number of rotatable bonds is 6. The third-order valence-electron chi connectivity index (χ3n) is 4.59. The average molecular weight is 364 g/mol. The molecule has 2 aromatic carbocycles. The molecule has 0 radical (unpaired) electrons. The fraction of sp³-hybridized carbons (Fsp3) is 0.238. The summed E-state index contributed by atoms with van der Waals surface area (Å²) < 4.78 is 10.5. The molecular weight excluding hydrogens is 344 g/mol. The number of ether oxygens (including phenoxy) is 1. The molecule has 0 spiro atoms. The standard InChI is InChI=1S/C21H20N2O4/c1-26-15-8-9-16-13(10-20(24)27-19(16)11-15)12-22-18-5-3-2-4-17(18)21(25)23-14-6-7-14/h2-5,8-11,14,22H,6-7,12H2,1H3,(H,23,25). The highest BCUT2D eigenvalue weighted by Crippen LogP contribution is 2.25. The van der Waals surface area contributed by atoms with Crippen LogP contribution >= 0.6 is 0 Å². The molecule has 1 fully saturated rings. The molecular formula is C21H20N2O4. The molecule has 0 bridgehead atoms. The first-order chi connectivity index (χ1) is 13.1. The zero-order valence-electron chi connectivity index (χ0n) is 15.0. The van der Waals surface area contributed by atoms with E-state index < -0.39 is 5.63 Å². The average Bonchev–Trinajstić information content (AvgIpc) is 3.49. The van der Waals surface area contributed by atoms with Gasteiger partial charge in [-0.1, -0.05) is 12.1 Å². The Morgan fingerprint density at radius 1 is 1.19 bits per heavy atom. The number of para-hydroxylation sites is 1. The summed E-state index contributed by atoms with van der Waals surface area (Å²) in [4.78, 5) is 24.4. The van der Waals surface area contributed by atoms with Crippen LogP contribution in [0, 0.1) is 0 Å². The van der Waals surface area contributed by atoms with Gasteiger partial charge < -0.3 is 19.8 Å². The second kappa shape index (κ2) is 7.15. The van der Waals surface area contributed by atoms with Gasteiger partial charge in [0.15, 0.2) is 0 Å². The van der Waals surface area contributed by atoms with E-state index >= 15 is 0 Å². The number of hydrogen-bond acceptors (Lipinski definition) is 5. The normalized spacial score (nSPS) is 13.4. The van der Waals surface area contributed by atoms with E-state index in [-0.39, 0.29) is 5.91 Å². The second-order valence-electron chi connectivity index (χ2n) is 6.60. The van der Waals surface area contributed by atoms with Crippen molar-refractivity contribution in [1.82, 2.24) is 5.32 Å². The largest absolute Gasteiger partial charge is 0.497 e. The summed E-state index contributed by atoms with van der Waals surface area (Å²) in [6, 6.07) is 14.5. The van der Waals surface area contributed by atoms with Crippen molar-refractivity contribution in [2.45, 2.75) is 25.4 Å². The predicted octanol–water partition coefficient (Wildman–Crippen LogP) is 3.31. The van der Waals surface area contributed by atoms with Crippen molar-refractivity contribution < 1.29 is 13.9 Å². The van der Waals surface area contributed by atoms with Crippen molar-refractivity contribution in [3.05, 3.63) is 70.1 Å². The third-order valence-corrected chi connectivity index (χ3v) is 4.59. The van der Waals surface area contributed by atoms with Gasteiger partial charge >= 0.3 is 5.63 Å². The molecule has 0 atom stereocenters. The number of benzene rings is 2. The Morgan fingerprint density at radius 2 is 2.00 bits per heavy atom. The molecule has 27 heavy (non-hydrogen) atoms. The number of methoxy groups -OCH3 is 1. The molecule has 1 aromatic heterocycles. The first kappa shape index (κ1) is 17.1. The molecule has 6 heteroatoms. The zero-order valence-corrected chi connectivity index (χ0v) is 15.0. The highest BCUT2D eigenvalue weighted by molar-refractivity contribution is 6.00. The van der Waals surface area contributed by atoms with Crippen molar-refractivity contribution >= 4 is 22.6 Å². The van der Waals surface area contributed by atoms with Crippen LogP contribution in [0.2, 0.25) is 0 Å². The van der Waals surface area contributed by atoms with E-state index in [0.29, 0.717) is 29.5 Å². The lowest BCUT2D eigenvalue weighted by Gasteiger charge is -2.13. The van der Waals surface area contributed by atoms with E-state index in [1.54, 1.807) is 19.2 Å². The van der Waals surface area contributed by atoms with Crippen molar-refractivity contribution in [1.29, 1.82) is 0 Å². The molecule has 3 aromatic rings. The maximum atomic E-state index is 12.4. The van der Waals surface area contributed by atoms with Crippen LogP contribution in [0.3, 0.4) is 0 Å². The Labute approximate surface area is 156 Å². The number of nitrogens with one attached hydrogen (secondary N) is 2. The number of carbonyl (C=O) groups excluding carboxylic acids is 1. The lowest BCUT2D eigenvalue weighted by molar-refractivity contribution is 0.0952. The number of hydrogen-bond donors (Lipinski definition) is 2. The van der Waals surface area contributed by atoms with E-state index in [2.05, 4.69) is 10.6 Å². The van der Waals surface area contributed by atoms with E-state index in [4.69, 9.17) is 9.15 Å². The van der Waals surface area contributed by atoms with E-state index in [1.165, 1.54) is 6.07 Å². The summed E-state index contributed by atoms with van der Waals surface area (Å²) in [5.41, 5.74) is 2.16. The van der Waals surface area contributed by atoms with Crippen LogP contribution in [-0.2, 0) is 6.54 Å². The Bertz CT molecular complexity index is 1050. The van der Waals surface area contributed by atoms with Gasteiger partial charge in [-0.3, -0.25) is 4.79 Å². The highest BCUT2D eigenvalue weighted by atomic mass is 16.5. The lowest BCUT2D eigenvalue weighted by atomic mass is 10.1. The minimum absolute atomic E-state index is 0.0808. The van der Waals surface area contributed by atoms with Crippen LogP contribution in [0.25, 0.3) is 11.0 Å². The van der Waals surface area contributed by atoms with Crippen LogP contribution < -0.4 is 21.0 Å². The quantitative estimate of drug-likeness (QED) is 0.656. The van der Waals surface area contributed by atoms with E-state index in [1.807, 2.05) is 30.3 Å². The number of anilines is 1. The van der Waals surface area contributed by atoms with Crippen LogP contribution in [-0.4, -0.2) is 19.1 Å². The number of amides is 1. The molecule has 4 rings (SSSR count). The summed E-state index contributed by atoms with van der Waals surface area (Å²) in [6.07, 6.45) is 2.08. The Balaban J connectivity index is 1.60. The predicted molar refractivity (Wildman–Crippen MR) is 103 cm³/mol. The minimum Gasteiger partial charge on any atom is -0.497 e. The summed E-state index contributed by atoms with van der Waals surface area (Å²) in [5.74, 6) is 0.542. The van der Waals surface area contributed by atoms with Crippen molar-refractivity contribution in [2.75, 3.05) is 12.4 Å². The molecule has 138 valence electrons. The van der Waals surface area contributed by atoms with Crippen LogP contribution in [0.15, 0.2) is 57.7 Å². The second-order valence-corrected chi connectivity index (χ2v) is 6.60. The molecule has 2 N–H and O–H groups in total. The van der Waals surface area contributed by atoms with Gasteiger partial charge in [0.25, 0.3) is 5.91 Å². The number of fused-ring (bicyclic) bond motifs is 1. The molecule has 1 saturated carbocycles. The molecule has 0 unspecified atom stereocenters. The first-order valence-electron chi connectivity index (χ1n) is 8.88. The van der Waals surface area contributed by atoms with Gasteiger partial charge in [-0.15, -0.1) is 0 Å². The highest BCUT2D eigenvalue weighted by Gasteiger charge is 2.24. The van der Waals surface area contributed by atoms with Crippen molar-refractivity contribution in [3.8, 4) is 5.75 Å². The fourth-order valence-electron chi connectivity index (χ4n) is 3.00. The topological polar surface area (TPSA) is 80.6 Å². The van der Waals surface area contributed by atoms with Gasteiger partial charge in [-0.25, -0.2) is 4.79 Å². The summed E-state index contributed by atoms with van der Waals surface area (Å²) in [7, 11) is 1.56. The van der Waals surface area contributed by atoms with Crippen LogP contribution in [0.5, 0.6) is 5.75 Å². The van der Waals surface area contributed by atoms with Gasteiger partial charge in [-0.2, -0.15) is 0 Å². The number of carbonyl (C=O) groups is 1. The van der Waals surface area contributed by atoms with E-state index in [9.17, 15) is 9.59 Å². The Kier molecular flexibility index (Phi) is 4.54. The summed E-state index contributed by atoms with van der Waals surface area (Å²) in [5, 5.41) is 7.10. The van der Waals surface area contributed by atoms with Gasteiger partial charge in [0.1, 0.15) is 11.3 Å². The van der Waals surface area contributed by atoms with Crippen LogP contribution in [0.1, 0.15) is 28.8 Å². The van der Waals surface area contributed by atoms with Gasteiger partial charge in [0.05, 0.1) is 12.7 Å². The molecule has 1 aliphatic rings. The molecule has 0 aliphatic heterocycles. The fourth-order valence-corrected chi connectivity index (χ4v) is 3.00. The van der Waals surface area contributed by atoms with Gasteiger partial charge in [0.2, 0.25) is 0 Å². The zero-order chi connectivity index (χ0) is 18.8. The summed E-state index contributed by atoms with van der Waals surface area (Å²) >= 11 is 0. The monoisotopic (exact) mass is 364 g/mol. The van der Waals surface area contributed by atoms with Gasteiger partial charge in [-0.05, 0) is 42.7 Å². The maximum absolute atomic E-state index is 12.4. The lowest BCUT2D eigenvalue weighted by Crippen LogP contribution is -2.26. The Morgan fingerprint density at radius 3 is 2.78 bits per heavy atom. The van der Waals surface area contributed by atoms with Gasteiger partial charge in [0, 0.05) is 35.8 Å². The van der Waals surface area contributed by atoms with Crippen LogP contribution in [0.4, 0.5) is 5.69 Å². The van der Waals surface area contributed by atoms with Crippen molar-refractivity contribution in [3.63, 3.8) is 0 Å².